The van der Waals surface area contributed by atoms with Crippen molar-refractivity contribution < 1.29 is 9.53 Å². The molecule has 0 radical (unpaired) electrons. The largest absolute Gasteiger partial charge is 0.472 e. The first-order valence-corrected chi connectivity index (χ1v) is 6.81. The molecule has 104 valence electrons. The van der Waals surface area contributed by atoms with E-state index in [0.717, 1.165) is 31.7 Å². The normalized spacial score (nSPS) is 16.7. The van der Waals surface area contributed by atoms with Crippen LogP contribution in [0.2, 0.25) is 0 Å². The van der Waals surface area contributed by atoms with Crippen LogP contribution in [0.5, 0.6) is 5.88 Å². The number of hydrogen-bond donors (Lipinski definition) is 0. The van der Waals surface area contributed by atoms with E-state index in [2.05, 4.69) is 14.9 Å². The van der Waals surface area contributed by atoms with Crippen LogP contribution in [0.15, 0.2) is 12.4 Å². The smallest absolute Gasteiger partial charge is 0.257 e. The lowest BCUT2D eigenvalue weighted by Gasteiger charge is -2.32. The van der Waals surface area contributed by atoms with E-state index < -0.39 is 0 Å². The molecule has 1 fully saturated rings. The van der Waals surface area contributed by atoms with Gasteiger partial charge in [0.1, 0.15) is 5.78 Å². The quantitative estimate of drug-likeness (QED) is 0.832. The first kappa shape index (κ1) is 13.8. The van der Waals surface area contributed by atoms with Crippen molar-refractivity contribution in [3.8, 4) is 5.88 Å². The van der Waals surface area contributed by atoms with Crippen molar-refractivity contribution in [2.75, 3.05) is 18.0 Å². The SMILES string of the molecule is CC(=O)C1CCN(c2nccnc2OC(C)C)CC1. The van der Waals surface area contributed by atoms with Crippen molar-refractivity contribution in [2.45, 2.75) is 39.7 Å². The van der Waals surface area contributed by atoms with Gasteiger partial charge in [0.25, 0.3) is 5.88 Å². The number of piperidine rings is 1. The van der Waals surface area contributed by atoms with Crippen molar-refractivity contribution in [3.05, 3.63) is 12.4 Å². The molecule has 1 aliphatic heterocycles. The maximum atomic E-state index is 11.4. The van der Waals surface area contributed by atoms with Gasteiger partial charge in [-0.2, -0.15) is 0 Å². The third-order valence-electron chi connectivity index (χ3n) is 3.36. The second-order valence-electron chi connectivity index (χ2n) is 5.22. The predicted molar refractivity (Wildman–Crippen MR) is 73.4 cm³/mol. The molecule has 0 bridgehead atoms. The van der Waals surface area contributed by atoms with Crippen LogP contribution in [0.25, 0.3) is 0 Å². The Labute approximate surface area is 114 Å². The molecule has 0 N–H and O–H groups in total. The van der Waals surface area contributed by atoms with Gasteiger partial charge in [-0.25, -0.2) is 9.97 Å². The lowest BCUT2D eigenvalue weighted by atomic mass is 9.93. The highest BCUT2D eigenvalue weighted by Gasteiger charge is 2.25. The molecule has 0 amide bonds. The fourth-order valence-corrected chi connectivity index (χ4v) is 2.34. The maximum absolute atomic E-state index is 11.4. The molecule has 1 aliphatic rings. The second-order valence-corrected chi connectivity index (χ2v) is 5.22. The summed E-state index contributed by atoms with van der Waals surface area (Å²) in [5.74, 6) is 1.86. The van der Waals surface area contributed by atoms with Gasteiger partial charge < -0.3 is 9.64 Å². The molecular formula is C14H21N3O2. The minimum absolute atomic E-state index is 0.0743. The molecule has 5 heteroatoms. The Bertz CT molecular complexity index is 440. The molecule has 1 aromatic rings. The van der Waals surface area contributed by atoms with E-state index in [0.29, 0.717) is 5.88 Å². The van der Waals surface area contributed by atoms with E-state index in [9.17, 15) is 4.79 Å². The van der Waals surface area contributed by atoms with Crippen molar-refractivity contribution in [3.63, 3.8) is 0 Å². The van der Waals surface area contributed by atoms with Crippen LogP contribution in [-0.4, -0.2) is 34.9 Å². The zero-order chi connectivity index (χ0) is 13.8. The van der Waals surface area contributed by atoms with Gasteiger partial charge in [-0.15, -0.1) is 0 Å². The molecular weight excluding hydrogens is 242 g/mol. The molecule has 1 saturated heterocycles. The van der Waals surface area contributed by atoms with Crippen LogP contribution in [-0.2, 0) is 4.79 Å². The van der Waals surface area contributed by atoms with Crippen LogP contribution < -0.4 is 9.64 Å². The van der Waals surface area contributed by atoms with Crippen LogP contribution >= 0.6 is 0 Å². The van der Waals surface area contributed by atoms with Crippen LogP contribution in [0.3, 0.4) is 0 Å². The number of carbonyl (C=O) groups excluding carboxylic acids is 1. The summed E-state index contributed by atoms with van der Waals surface area (Å²) < 4.78 is 5.69. The zero-order valence-corrected chi connectivity index (χ0v) is 11.8. The standard InChI is InChI=1S/C14H21N3O2/c1-10(2)19-14-13(15-6-7-16-14)17-8-4-12(5-9-17)11(3)18/h6-7,10,12H,4-5,8-9H2,1-3H3. The second kappa shape index (κ2) is 5.99. The third-order valence-corrected chi connectivity index (χ3v) is 3.36. The average molecular weight is 263 g/mol. The predicted octanol–water partition coefficient (Wildman–Crippen LogP) is 2.07. The van der Waals surface area contributed by atoms with E-state index in [1.165, 1.54) is 0 Å². The van der Waals surface area contributed by atoms with E-state index in [-0.39, 0.29) is 17.8 Å². The van der Waals surface area contributed by atoms with E-state index in [1.807, 2.05) is 13.8 Å². The van der Waals surface area contributed by atoms with Gasteiger partial charge in [0.15, 0.2) is 5.82 Å². The topological polar surface area (TPSA) is 55.3 Å². The van der Waals surface area contributed by atoms with Crippen molar-refractivity contribution in [1.82, 2.24) is 9.97 Å². The molecule has 19 heavy (non-hydrogen) atoms. The van der Waals surface area contributed by atoms with Gasteiger partial charge in [-0.05, 0) is 33.6 Å². The van der Waals surface area contributed by atoms with E-state index in [1.54, 1.807) is 19.3 Å². The Kier molecular flexibility index (Phi) is 4.35. The summed E-state index contributed by atoms with van der Waals surface area (Å²) in [6.45, 7) is 7.28. The summed E-state index contributed by atoms with van der Waals surface area (Å²) in [6.07, 6.45) is 5.16. The Morgan fingerprint density at radius 2 is 1.95 bits per heavy atom. The van der Waals surface area contributed by atoms with Gasteiger partial charge >= 0.3 is 0 Å². The zero-order valence-electron chi connectivity index (χ0n) is 11.8. The first-order chi connectivity index (χ1) is 9.08. The monoisotopic (exact) mass is 263 g/mol. The summed E-state index contributed by atoms with van der Waals surface area (Å²) in [5, 5.41) is 0. The third kappa shape index (κ3) is 3.43. The minimum atomic E-state index is 0.0743. The molecule has 1 aromatic heterocycles. The molecule has 5 nitrogen and oxygen atoms in total. The van der Waals surface area contributed by atoms with Gasteiger partial charge in [0, 0.05) is 31.4 Å². The molecule has 0 atom stereocenters. The minimum Gasteiger partial charge on any atom is -0.472 e. The van der Waals surface area contributed by atoms with Crippen molar-refractivity contribution in [1.29, 1.82) is 0 Å². The number of aromatic nitrogens is 2. The number of rotatable bonds is 4. The fourth-order valence-electron chi connectivity index (χ4n) is 2.34. The van der Waals surface area contributed by atoms with Crippen LogP contribution in [0.4, 0.5) is 5.82 Å². The fraction of sp³-hybridized carbons (Fsp3) is 0.643. The van der Waals surface area contributed by atoms with Crippen molar-refractivity contribution >= 4 is 11.6 Å². The van der Waals surface area contributed by atoms with Gasteiger partial charge in [0.05, 0.1) is 6.10 Å². The van der Waals surface area contributed by atoms with Gasteiger partial charge in [0.2, 0.25) is 0 Å². The highest BCUT2D eigenvalue weighted by atomic mass is 16.5. The highest BCUT2D eigenvalue weighted by Crippen LogP contribution is 2.28. The number of carbonyl (C=O) groups is 1. The molecule has 0 aliphatic carbocycles. The summed E-state index contributed by atoms with van der Waals surface area (Å²) in [6, 6.07) is 0. The Balaban J connectivity index is 2.08. The Hall–Kier alpha value is -1.65. The van der Waals surface area contributed by atoms with Gasteiger partial charge in [-0.3, -0.25) is 4.79 Å². The van der Waals surface area contributed by atoms with E-state index in [4.69, 9.17) is 4.74 Å². The lowest BCUT2D eigenvalue weighted by molar-refractivity contribution is -0.121. The summed E-state index contributed by atoms with van der Waals surface area (Å²) >= 11 is 0. The van der Waals surface area contributed by atoms with E-state index >= 15 is 0 Å². The number of Topliss-reactive ketones (excluding diaryl/α,β-unsaturated/α-hetero) is 1. The summed E-state index contributed by atoms with van der Waals surface area (Å²) in [4.78, 5) is 22.2. The number of ketones is 1. The summed E-state index contributed by atoms with van der Waals surface area (Å²) in [7, 11) is 0. The number of anilines is 1. The lowest BCUT2D eigenvalue weighted by Crippen LogP contribution is -2.36. The number of nitrogens with zero attached hydrogens (tertiary/aromatic N) is 3. The molecule has 2 rings (SSSR count). The average Bonchev–Trinajstić information content (AvgIpc) is 2.39. The van der Waals surface area contributed by atoms with Crippen LogP contribution in [0, 0.1) is 5.92 Å². The molecule has 0 unspecified atom stereocenters. The number of hydrogen-bond acceptors (Lipinski definition) is 5. The number of ether oxygens (including phenoxy) is 1. The molecule has 0 saturated carbocycles. The Morgan fingerprint density at radius 1 is 1.32 bits per heavy atom. The molecule has 2 heterocycles. The van der Waals surface area contributed by atoms with Crippen LogP contribution in [0.1, 0.15) is 33.6 Å². The first-order valence-electron chi connectivity index (χ1n) is 6.81. The van der Waals surface area contributed by atoms with Crippen molar-refractivity contribution in [2.24, 2.45) is 5.92 Å². The van der Waals surface area contributed by atoms with Gasteiger partial charge in [-0.1, -0.05) is 0 Å². The Morgan fingerprint density at radius 3 is 2.53 bits per heavy atom. The molecule has 0 spiro atoms. The summed E-state index contributed by atoms with van der Waals surface area (Å²) in [5.41, 5.74) is 0. The highest BCUT2D eigenvalue weighted by molar-refractivity contribution is 5.78. The maximum Gasteiger partial charge on any atom is 0.257 e. The molecule has 0 aromatic carbocycles.